The molecule has 4 nitrogen and oxygen atoms in total. The summed E-state index contributed by atoms with van der Waals surface area (Å²) >= 11 is 0. The molecule has 0 aromatic carbocycles. The Bertz CT molecular complexity index is 398. The second-order valence-corrected chi connectivity index (χ2v) is 7.15. The largest absolute Gasteiger partial charge is 0.337 e. The lowest BCUT2D eigenvalue weighted by Crippen LogP contribution is -2.59. The van der Waals surface area contributed by atoms with Crippen molar-refractivity contribution in [2.75, 3.05) is 6.54 Å². The Morgan fingerprint density at radius 2 is 1.80 bits per heavy atom. The molecule has 1 amide bonds. The predicted molar refractivity (Wildman–Crippen MR) is 76.4 cm³/mol. The molecule has 0 spiro atoms. The average molecular weight is 275 g/mol. The molecule has 2 N–H and O–H groups in total. The molecule has 4 fully saturated rings. The first-order chi connectivity index (χ1) is 9.60. The molecule has 0 aromatic rings. The first-order valence-electron chi connectivity index (χ1n) is 8.03. The van der Waals surface area contributed by atoms with Crippen molar-refractivity contribution in [2.24, 2.45) is 29.4 Å². The fraction of sp³-hybridized carbons (Fsp3) is 0.875. The van der Waals surface area contributed by atoms with Crippen LogP contribution in [0.1, 0.15) is 45.4 Å². The second-order valence-electron chi connectivity index (χ2n) is 7.15. The topological polar surface area (TPSA) is 70.1 Å². The van der Waals surface area contributed by atoms with E-state index in [2.05, 4.69) is 6.07 Å². The molecule has 0 saturated heterocycles. The molecule has 4 saturated carbocycles. The minimum Gasteiger partial charge on any atom is -0.337 e. The standard InChI is InChI=1S/C16H25N3O/c1-10(18)16(20)19(4-2-3-17)15-13-6-11-5-12(8-13)9-14(15)7-11/h10-15H,2,4-9,18H2,1H3. The Kier molecular flexibility index (Phi) is 3.72. The zero-order valence-corrected chi connectivity index (χ0v) is 12.3. The fourth-order valence-corrected chi connectivity index (χ4v) is 5.24. The van der Waals surface area contributed by atoms with Crippen molar-refractivity contribution in [3.63, 3.8) is 0 Å². The molecule has 20 heavy (non-hydrogen) atoms. The van der Waals surface area contributed by atoms with E-state index in [0.717, 1.165) is 11.8 Å². The molecule has 4 rings (SSSR count). The molecule has 0 aromatic heterocycles. The van der Waals surface area contributed by atoms with Gasteiger partial charge in [-0.3, -0.25) is 4.79 Å². The Morgan fingerprint density at radius 3 is 2.25 bits per heavy atom. The first kappa shape index (κ1) is 13.9. The van der Waals surface area contributed by atoms with Crippen molar-refractivity contribution in [1.29, 1.82) is 5.26 Å². The van der Waals surface area contributed by atoms with Crippen LogP contribution in [0.15, 0.2) is 0 Å². The molecule has 0 heterocycles. The monoisotopic (exact) mass is 275 g/mol. The van der Waals surface area contributed by atoms with Crippen molar-refractivity contribution >= 4 is 5.91 Å². The van der Waals surface area contributed by atoms with Gasteiger partial charge in [-0.25, -0.2) is 0 Å². The van der Waals surface area contributed by atoms with E-state index in [9.17, 15) is 4.79 Å². The molecule has 0 radical (unpaired) electrons. The molecule has 4 aliphatic rings. The molecular weight excluding hydrogens is 250 g/mol. The van der Waals surface area contributed by atoms with Crippen LogP contribution in [0.25, 0.3) is 0 Å². The van der Waals surface area contributed by atoms with Crippen LogP contribution in [0.2, 0.25) is 0 Å². The van der Waals surface area contributed by atoms with E-state index >= 15 is 0 Å². The van der Waals surface area contributed by atoms with Crippen molar-refractivity contribution in [2.45, 2.75) is 57.5 Å². The maximum absolute atomic E-state index is 12.5. The molecule has 1 unspecified atom stereocenters. The normalized spacial score (nSPS) is 39.4. The summed E-state index contributed by atoms with van der Waals surface area (Å²) in [5.41, 5.74) is 5.83. The summed E-state index contributed by atoms with van der Waals surface area (Å²) in [6.45, 7) is 2.32. The summed E-state index contributed by atoms with van der Waals surface area (Å²) in [7, 11) is 0. The van der Waals surface area contributed by atoms with E-state index in [1.807, 2.05) is 4.90 Å². The highest BCUT2D eigenvalue weighted by atomic mass is 16.2. The summed E-state index contributed by atoms with van der Waals surface area (Å²) < 4.78 is 0. The lowest BCUT2D eigenvalue weighted by molar-refractivity contribution is -0.144. The highest BCUT2D eigenvalue weighted by molar-refractivity contribution is 5.81. The van der Waals surface area contributed by atoms with Gasteiger partial charge in [-0.2, -0.15) is 5.26 Å². The molecule has 110 valence electrons. The van der Waals surface area contributed by atoms with E-state index in [0.29, 0.717) is 30.8 Å². The minimum atomic E-state index is -0.453. The zero-order chi connectivity index (χ0) is 14.3. The van der Waals surface area contributed by atoms with E-state index in [-0.39, 0.29) is 5.91 Å². The minimum absolute atomic E-state index is 0.0396. The Morgan fingerprint density at radius 1 is 1.25 bits per heavy atom. The van der Waals surface area contributed by atoms with Crippen LogP contribution in [0.5, 0.6) is 0 Å². The maximum Gasteiger partial charge on any atom is 0.239 e. The van der Waals surface area contributed by atoms with Crippen LogP contribution in [0.3, 0.4) is 0 Å². The summed E-state index contributed by atoms with van der Waals surface area (Å²) in [5, 5.41) is 8.87. The van der Waals surface area contributed by atoms with E-state index in [1.165, 1.54) is 32.1 Å². The number of nitrogens with zero attached hydrogens (tertiary/aromatic N) is 2. The second kappa shape index (κ2) is 5.37. The number of nitriles is 1. The number of nitrogens with two attached hydrogens (primary N) is 1. The third kappa shape index (κ3) is 2.33. The Balaban J connectivity index is 1.80. The lowest BCUT2D eigenvalue weighted by atomic mass is 9.54. The van der Waals surface area contributed by atoms with Crippen molar-refractivity contribution in [3.05, 3.63) is 0 Å². The highest BCUT2D eigenvalue weighted by Gasteiger charge is 2.51. The van der Waals surface area contributed by atoms with Crippen molar-refractivity contribution < 1.29 is 4.79 Å². The summed E-state index contributed by atoms with van der Waals surface area (Å²) in [6.07, 6.45) is 6.97. The van der Waals surface area contributed by atoms with E-state index in [4.69, 9.17) is 11.0 Å². The van der Waals surface area contributed by atoms with Crippen LogP contribution < -0.4 is 5.73 Å². The van der Waals surface area contributed by atoms with Gasteiger partial charge in [0.15, 0.2) is 0 Å². The van der Waals surface area contributed by atoms with Gasteiger partial charge >= 0.3 is 0 Å². The molecular formula is C16H25N3O. The van der Waals surface area contributed by atoms with Crippen LogP contribution in [-0.4, -0.2) is 29.4 Å². The van der Waals surface area contributed by atoms with Gasteiger partial charge < -0.3 is 10.6 Å². The Labute approximate surface area is 121 Å². The summed E-state index contributed by atoms with van der Waals surface area (Å²) in [6, 6.07) is 2.08. The Hall–Kier alpha value is -1.08. The summed E-state index contributed by atoms with van der Waals surface area (Å²) in [5.74, 6) is 3.16. The molecule has 4 heteroatoms. The molecule has 4 aliphatic carbocycles. The number of amides is 1. The SMILES string of the molecule is CC(N)C(=O)N(CCC#N)C1C2CC3CC(C2)CC1C3. The van der Waals surface area contributed by atoms with Gasteiger partial charge in [0, 0.05) is 12.6 Å². The van der Waals surface area contributed by atoms with E-state index < -0.39 is 6.04 Å². The predicted octanol–water partition coefficient (Wildman–Crippen LogP) is 1.90. The van der Waals surface area contributed by atoms with Gasteiger partial charge in [-0.1, -0.05) is 0 Å². The number of carbonyl (C=O) groups is 1. The number of rotatable bonds is 4. The van der Waals surface area contributed by atoms with Crippen molar-refractivity contribution in [1.82, 2.24) is 4.90 Å². The van der Waals surface area contributed by atoms with Crippen molar-refractivity contribution in [3.8, 4) is 6.07 Å². The van der Waals surface area contributed by atoms with Gasteiger partial charge in [0.25, 0.3) is 0 Å². The quantitative estimate of drug-likeness (QED) is 0.852. The smallest absolute Gasteiger partial charge is 0.239 e. The fourth-order valence-electron chi connectivity index (χ4n) is 5.24. The molecule has 1 atom stereocenters. The van der Waals surface area contributed by atoms with Gasteiger partial charge in [0.05, 0.1) is 18.5 Å². The highest BCUT2D eigenvalue weighted by Crippen LogP contribution is 2.55. The summed E-state index contributed by atoms with van der Waals surface area (Å²) in [4.78, 5) is 14.4. The van der Waals surface area contributed by atoms with E-state index in [1.54, 1.807) is 6.92 Å². The zero-order valence-electron chi connectivity index (χ0n) is 12.3. The van der Waals surface area contributed by atoms with Gasteiger partial charge in [0.2, 0.25) is 5.91 Å². The number of carbonyl (C=O) groups excluding carboxylic acids is 1. The number of hydrogen-bond donors (Lipinski definition) is 1. The van der Waals surface area contributed by atoms with Crippen LogP contribution in [0.4, 0.5) is 0 Å². The van der Waals surface area contributed by atoms with Gasteiger partial charge in [-0.15, -0.1) is 0 Å². The first-order valence-corrected chi connectivity index (χ1v) is 8.03. The number of hydrogen-bond acceptors (Lipinski definition) is 3. The van der Waals surface area contributed by atoms with Gasteiger partial charge in [0.1, 0.15) is 0 Å². The third-order valence-electron chi connectivity index (χ3n) is 5.67. The maximum atomic E-state index is 12.5. The lowest BCUT2D eigenvalue weighted by Gasteiger charge is -2.57. The third-order valence-corrected chi connectivity index (χ3v) is 5.67. The van der Waals surface area contributed by atoms with Crippen LogP contribution in [-0.2, 0) is 4.79 Å². The van der Waals surface area contributed by atoms with Gasteiger partial charge in [-0.05, 0) is 62.7 Å². The van der Waals surface area contributed by atoms with Crippen LogP contribution >= 0.6 is 0 Å². The average Bonchev–Trinajstić information content (AvgIpc) is 2.40. The van der Waals surface area contributed by atoms with Crippen LogP contribution in [0, 0.1) is 35.0 Å². The molecule has 4 bridgehead atoms. The molecule has 0 aliphatic heterocycles.